The average Bonchev–Trinajstić information content (AvgIpc) is 3.09. The maximum Gasteiger partial charge on any atom is 0.0597 e. The first-order valence-corrected chi connectivity index (χ1v) is 10.3. The number of nitrogens with zero attached hydrogens (tertiary/aromatic N) is 1. The summed E-state index contributed by atoms with van der Waals surface area (Å²) in [5.41, 5.74) is 0. The summed E-state index contributed by atoms with van der Waals surface area (Å²) in [6.07, 6.45) is 13.4. The van der Waals surface area contributed by atoms with E-state index in [2.05, 4.69) is 4.90 Å². The summed E-state index contributed by atoms with van der Waals surface area (Å²) in [4.78, 5) is 2.53. The molecular formula is C19H34ClNO2. The van der Waals surface area contributed by atoms with Gasteiger partial charge < -0.3 is 14.4 Å². The SMILES string of the molecule is ClC1CCCCC1COC1CCC(OCCN2CCCC2)CC1. The zero-order chi connectivity index (χ0) is 15.9. The molecule has 1 aliphatic heterocycles. The Balaban J connectivity index is 1.25. The summed E-state index contributed by atoms with van der Waals surface area (Å²) in [5, 5.41) is 0.342. The predicted octanol–water partition coefficient (Wildman–Crippen LogP) is 4.22. The van der Waals surface area contributed by atoms with Gasteiger partial charge in [-0.1, -0.05) is 12.8 Å². The predicted molar refractivity (Wildman–Crippen MR) is 95.2 cm³/mol. The molecule has 0 aromatic carbocycles. The molecule has 2 atom stereocenters. The van der Waals surface area contributed by atoms with Crippen molar-refractivity contribution in [2.75, 3.05) is 32.8 Å². The molecule has 3 nitrogen and oxygen atoms in total. The summed E-state index contributed by atoms with van der Waals surface area (Å²) in [7, 11) is 0. The van der Waals surface area contributed by atoms with Crippen LogP contribution in [0.3, 0.4) is 0 Å². The summed E-state index contributed by atoms with van der Waals surface area (Å²) in [5.74, 6) is 0.583. The van der Waals surface area contributed by atoms with E-state index in [1.807, 2.05) is 0 Å². The number of hydrogen-bond donors (Lipinski definition) is 0. The van der Waals surface area contributed by atoms with E-state index in [-0.39, 0.29) is 0 Å². The van der Waals surface area contributed by atoms with Crippen molar-refractivity contribution < 1.29 is 9.47 Å². The van der Waals surface area contributed by atoms with Gasteiger partial charge in [0.15, 0.2) is 0 Å². The second-order valence-corrected chi connectivity index (χ2v) is 8.27. The van der Waals surface area contributed by atoms with Crippen molar-refractivity contribution in [3.05, 3.63) is 0 Å². The quantitative estimate of drug-likeness (QED) is 0.646. The monoisotopic (exact) mass is 343 g/mol. The van der Waals surface area contributed by atoms with Gasteiger partial charge >= 0.3 is 0 Å². The van der Waals surface area contributed by atoms with Gasteiger partial charge in [-0.15, -0.1) is 11.6 Å². The van der Waals surface area contributed by atoms with Gasteiger partial charge in [-0.05, 0) is 70.4 Å². The second-order valence-electron chi connectivity index (χ2n) is 7.71. The maximum atomic E-state index is 6.43. The summed E-state index contributed by atoms with van der Waals surface area (Å²) < 4.78 is 12.3. The third-order valence-corrected chi connectivity index (χ3v) is 6.52. The Morgan fingerprint density at radius 3 is 2.13 bits per heavy atom. The summed E-state index contributed by atoms with van der Waals surface area (Å²) in [6.45, 7) is 5.44. The molecule has 1 heterocycles. The van der Waals surface area contributed by atoms with Crippen LogP contribution in [0.4, 0.5) is 0 Å². The topological polar surface area (TPSA) is 21.7 Å². The molecule has 134 valence electrons. The molecule has 0 spiro atoms. The van der Waals surface area contributed by atoms with Crippen LogP contribution < -0.4 is 0 Å². The fourth-order valence-corrected chi connectivity index (χ4v) is 4.68. The Bertz CT molecular complexity index is 327. The van der Waals surface area contributed by atoms with Crippen LogP contribution in [0, 0.1) is 5.92 Å². The van der Waals surface area contributed by atoms with Crippen LogP contribution in [-0.2, 0) is 9.47 Å². The Labute approximate surface area is 147 Å². The van der Waals surface area contributed by atoms with Crippen LogP contribution in [-0.4, -0.2) is 55.3 Å². The molecule has 0 aromatic heterocycles. The Morgan fingerprint density at radius 2 is 1.43 bits per heavy atom. The highest BCUT2D eigenvalue weighted by molar-refractivity contribution is 6.20. The highest BCUT2D eigenvalue weighted by atomic mass is 35.5. The Morgan fingerprint density at radius 1 is 0.783 bits per heavy atom. The zero-order valence-corrected chi connectivity index (χ0v) is 15.3. The molecule has 0 bridgehead atoms. The van der Waals surface area contributed by atoms with Crippen LogP contribution in [0.2, 0.25) is 0 Å². The molecule has 23 heavy (non-hydrogen) atoms. The standard InChI is InChI=1S/C19H34ClNO2/c20-19-6-2-1-5-16(19)15-23-18-9-7-17(8-10-18)22-14-13-21-11-3-4-12-21/h16-19H,1-15H2. The van der Waals surface area contributed by atoms with Crippen LogP contribution in [0.25, 0.3) is 0 Å². The van der Waals surface area contributed by atoms with Gasteiger partial charge in [0.2, 0.25) is 0 Å². The third kappa shape index (κ3) is 5.88. The average molecular weight is 344 g/mol. The van der Waals surface area contributed by atoms with Crippen LogP contribution >= 0.6 is 11.6 Å². The van der Waals surface area contributed by atoms with E-state index >= 15 is 0 Å². The number of alkyl halides is 1. The van der Waals surface area contributed by atoms with E-state index in [4.69, 9.17) is 21.1 Å². The summed E-state index contributed by atoms with van der Waals surface area (Å²) >= 11 is 6.43. The summed E-state index contributed by atoms with van der Waals surface area (Å²) in [6, 6.07) is 0. The van der Waals surface area contributed by atoms with Crippen molar-refractivity contribution in [3.8, 4) is 0 Å². The number of likely N-dealkylation sites (tertiary alicyclic amines) is 1. The van der Waals surface area contributed by atoms with Crippen molar-refractivity contribution in [3.63, 3.8) is 0 Å². The second kappa shape index (κ2) is 9.60. The van der Waals surface area contributed by atoms with Crippen molar-refractivity contribution in [2.24, 2.45) is 5.92 Å². The normalized spacial score (nSPS) is 36.4. The van der Waals surface area contributed by atoms with Crippen LogP contribution in [0.15, 0.2) is 0 Å². The third-order valence-electron chi connectivity index (χ3n) is 5.94. The highest BCUT2D eigenvalue weighted by Crippen LogP contribution is 2.30. The van der Waals surface area contributed by atoms with Crippen molar-refractivity contribution >= 4 is 11.6 Å². The Kier molecular flexibility index (Phi) is 7.50. The van der Waals surface area contributed by atoms with Gasteiger partial charge in [0.25, 0.3) is 0 Å². The molecule has 0 amide bonds. The minimum absolute atomic E-state index is 0.342. The molecule has 1 saturated heterocycles. The minimum Gasteiger partial charge on any atom is -0.378 e. The number of ether oxygens (including phenoxy) is 2. The van der Waals surface area contributed by atoms with E-state index < -0.39 is 0 Å². The van der Waals surface area contributed by atoms with Gasteiger partial charge in [-0.2, -0.15) is 0 Å². The molecule has 3 aliphatic rings. The van der Waals surface area contributed by atoms with E-state index in [0.29, 0.717) is 23.5 Å². The molecule has 0 radical (unpaired) electrons. The lowest BCUT2D eigenvalue weighted by Gasteiger charge is -2.32. The smallest absolute Gasteiger partial charge is 0.0597 e. The number of hydrogen-bond acceptors (Lipinski definition) is 3. The molecule has 3 fully saturated rings. The fourth-order valence-electron chi connectivity index (χ4n) is 4.33. The minimum atomic E-state index is 0.342. The lowest BCUT2D eigenvalue weighted by atomic mass is 9.89. The van der Waals surface area contributed by atoms with Crippen molar-refractivity contribution in [1.82, 2.24) is 4.90 Å². The van der Waals surface area contributed by atoms with E-state index in [9.17, 15) is 0 Å². The van der Waals surface area contributed by atoms with E-state index in [1.54, 1.807) is 0 Å². The highest BCUT2D eigenvalue weighted by Gasteiger charge is 2.27. The van der Waals surface area contributed by atoms with Crippen molar-refractivity contribution in [2.45, 2.75) is 81.8 Å². The van der Waals surface area contributed by atoms with Crippen LogP contribution in [0.5, 0.6) is 0 Å². The Hall–Kier alpha value is 0.170. The van der Waals surface area contributed by atoms with E-state index in [1.165, 1.54) is 64.5 Å². The van der Waals surface area contributed by atoms with Gasteiger partial charge in [0, 0.05) is 11.9 Å². The molecule has 0 N–H and O–H groups in total. The first-order chi connectivity index (χ1) is 11.3. The van der Waals surface area contributed by atoms with Gasteiger partial charge in [0.1, 0.15) is 0 Å². The van der Waals surface area contributed by atoms with E-state index in [0.717, 1.165) is 32.6 Å². The molecule has 4 heteroatoms. The molecule has 2 saturated carbocycles. The first-order valence-electron chi connectivity index (χ1n) is 9.91. The van der Waals surface area contributed by atoms with Crippen LogP contribution in [0.1, 0.15) is 64.2 Å². The lowest BCUT2D eigenvalue weighted by molar-refractivity contribution is -0.0445. The molecule has 0 aromatic rings. The van der Waals surface area contributed by atoms with Gasteiger partial charge in [-0.25, -0.2) is 0 Å². The molecule has 2 aliphatic carbocycles. The largest absolute Gasteiger partial charge is 0.378 e. The van der Waals surface area contributed by atoms with Gasteiger partial charge in [0.05, 0.1) is 25.4 Å². The lowest BCUT2D eigenvalue weighted by Crippen LogP contribution is -2.32. The molecule has 2 unspecified atom stereocenters. The van der Waals surface area contributed by atoms with Gasteiger partial charge in [-0.3, -0.25) is 0 Å². The fraction of sp³-hybridized carbons (Fsp3) is 1.00. The molecular weight excluding hydrogens is 310 g/mol. The number of rotatable bonds is 7. The van der Waals surface area contributed by atoms with Crippen molar-refractivity contribution in [1.29, 1.82) is 0 Å². The molecule has 3 rings (SSSR count). The number of halogens is 1. The first kappa shape index (κ1) is 18.0. The maximum absolute atomic E-state index is 6.43. The zero-order valence-electron chi connectivity index (χ0n) is 14.6.